The smallest absolute Gasteiger partial charge is 0.267 e. The Morgan fingerprint density at radius 3 is 2.62 bits per heavy atom. The van der Waals surface area contributed by atoms with E-state index in [9.17, 15) is 4.79 Å². The highest BCUT2D eigenvalue weighted by Crippen LogP contribution is 1.94. The van der Waals surface area contributed by atoms with Crippen LogP contribution >= 0.6 is 0 Å². The van der Waals surface area contributed by atoms with E-state index in [1.807, 2.05) is 20.8 Å². The lowest BCUT2D eigenvalue weighted by molar-refractivity contribution is 0.0995. The van der Waals surface area contributed by atoms with Crippen molar-refractivity contribution in [3.63, 3.8) is 0 Å². The molecule has 0 aliphatic heterocycles. The van der Waals surface area contributed by atoms with Gasteiger partial charge in [-0.1, -0.05) is 20.8 Å². The molecule has 1 aromatic heterocycles. The summed E-state index contributed by atoms with van der Waals surface area (Å²) in [5.41, 5.74) is 5.28. The van der Waals surface area contributed by atoms with Crippen molar-refractivity contribution >= 4 is 5.91 Å². The summed E-state index contributed by atoms with van der Waals surface area (Å²) in [6.45, 7) is 5.92. The molecule has 0 bridgehead atoms. The maximum Gasteiger partial charge on any atom is 0.267 e. The van der Waals surface area contributed by atoms with Gasteiger partial charge in [-0.15, -0.1) is 0 Å². The molecule has 1 aromatic rings. The lowest BCUT2D eigenvalue weighted by Crippen LogP contribution is -2.14. The minimum absolute atomic E-state index is 0.275. The van der Waals surface area contributed by atoms with Crippen molar-refractivity contribution in [2.24, 2.45) is 5.73 Å². The largest absolute Gasteiger partial charge is 0.364 e. The van der Waals surface area contributed by atoms with E-state index in [1.165, 1.54) is 12.3 Å². The highest BCUT2D eigenvalue weighted by atomic mass is 16.1. The number of rotatable bonds is 2. The van der Waals surface area contributed by atoms with E-state index in [4.69, 9.17) is 5.73 Å². The molecule has 0 saturated carbocycles. The van der Waals surface area contributed by atoms with Crippen molar-refractivity contribution in [2.45, 2.75) is 27.2 Å². The fourth-order valence-electron chi connectivity index (χ4n) is 0.707. The van der Waals surface area contributed by atoms with Crippen LogP contribution in [-0.2, 0) is 6.42 Å². The van der Waals surface area contributed by atoms with Gasteiger partial charge in [0.2, 0.25) is 0 Å². The Hall–Kier alpha value is -1.45. The summed E-state index contributed by atoms with van der Waals surface area (Å²) in [7, 11) is 0. The van der Waals surface area contributed by atoms with Crippen molar-refractivity contribution in [1.82, 2.24) is 9.97 Å². The van der Waals surface area contributed by atoms with Crippen LogP contribution in [0, 0.1) is 0 Å². The summed E-state index contributed by atoms with van der Waals surface area (Å²) in [5, 5.41) is 0. The molecule has 1 rings (SSSR count). The molecule has 0 aromatic carbocycles. The molecule has 0 fully saturated rings. The molecule has 0 atom stereocenters. The van der Waals surface area contributed by atoms with E-state index >= 15 is 0 Å². The monoisotopic (exact) mass is 181 g/mol. The number of nitrogens with zero attached hydrogens (tertiary/aromatic N) is 2. The van der Waals surface area contributed by atoms with Crippen molar-refractivity contribution < 1.29 is 4.79 Å². The summed E-state index contributed by atoms with van der Waals surface area (Å²) in [4.78, 5) is 18.4. The summed E-state index contributed by atoms with van der Waals surface area (Å²) >= 11 is 0. The van der Waals surface area contributed by atoms with Gasteiger partial charge in [0.05, 0.1) is 0 Å². The normalized spacial score (nSPS) is 8.54. The van der Waals surface area contributed by atoms with Crippen LogP contribution in [0.2, 0.25) is 0 Å². The van der Waals surface area contributed by atoms with Crippen molar-refractivity contribution in [3.8, 4) is 0 Å². The second kappa shape index (κ2) is 6.11. The van der Waals surface area contributed by atoms with Gasteiger partial charge in [0.25, 0.3) is 5.91 Å². The van der Waals surface area contributed by atoms with E-state index in [0.29, 0.717) is 12.2 Å². The van der Waals surface area contributed by atoms with Gasteiger partial charge in [0, 0.05) is 12.6 Å². The number of nitrogens with two attached hydrogens (primary N) is 1. The average Bonchev–Trinajstić information content (AvgIpc) is 2.21. The number of carbonyl (C=O) groups is 1. The van der Waals surface area contributed by atoms with Crippen LogP contribution in [0.4, 0.5) is 0 Å². The second-order valence-corrected chi connectivity index (χ2v) is 2.08. The molecule has 2 N–H and O–H groups in total. The predicted octanol–water partition coefficient (Wildman–Crippen LogP) is 1.16. The molecule has 0 saturated heterocycles. The minimum Gasteiger partial charge on any atom is -0.364 e. The van der Waals surface area contributed by atoms with Crippen LogP contribution in [0.25, 0.3) is 0 Å². The van der Waals surface area contributed by atoms with Gasteiger partial charge in [-0.25, -0.2) is 9.97 Å². The Bertz CT molecular complexity index is 273. The lowest BCUT2D eigenvalue weighted by Gasteiger charge is -1.95. The average molecular weight is 181 g/mol. The van der Waals surface area contributed by atoms with Gasteiger partial charge in [-0.3, -0.25) is 4.79 Å². The number of hydrogen-bond donors (Lipinski definition) is 1. The van der Waals surface area contributed by atoms with Gasteiger partial charge in [-0.05, 0) is 6.07 Å². The fraction of sp³-hybridized carbons (Fsp3) is 0.444. The highest BCUT2D eigenvalue weighted by molar-refractivity contribution is 5.90. The third-order valence-electron chi connectivity index (χ3n) is 1.27. The van der Waals surface area contributed by atoms with Crippen LogP contribution < -0.4 is 5.73 Å². The maximum absolute atomic E-state index is 10.6. The van der Waals surface area contributed by atoms with Crippen LogP contribution in [0.1, 0.15) is 37.1 Å². The number of carbonyl (C=O) groups excluding carboxylic acids is 1. The molecule has 0 aliphatic rings. The van der Waals surface area contributed by atoms with E-state index in [2.05, 4.69) is 9.97 Å². The quantitative estimate of drug-likeness (QED) is 0.744. The summed E-state index contributed by atoms with van der Waals surface area (Å²) in [5.74, 6) is 0.128. The first kappa shape index (κ1) is 11.6. The van der Waals surface area contributed by atoms with Crippen LogP contribution in [0.15, 0.2) is 12.3 Å². The molecule has 1 heterocycles. The summed E-state index contributed by atoms with van der Waals surface area (Å²) in [6.07, 6.45) is 2.24. The lowest BCUT2D eigenvalue weighted by atomic mass is 10.3. The predicted molar refractivity (Wildman–Crippen MR) is 51.3 cm³/mol. The minimum atomic E-state index is -0.512. The summed E-state index contributed by atoms with van der Waals surface area (Å²) < 4.78 is 0. The fourth-order valence-corrected chi connectivity index (χ4v) is 0.707. The summed E-state index contributed by atoms with van der Waals surface area (Å²) in [6, 6.07) is 1.50. The number of amides is 1. The van der Waals surface area contributed by atoms with Crippen LogP contribution in [0.5, 0.6) is 0 Å². The molecule has 4 nitrogen and oxygen atoms in total. The molecule has 0 aliphatic carbocycles. The van der Waals surface area contributed by atoms with E-state index in [0.717, 1.165) is 0 Å². The third-order valence-corrected chi connectivity index (χ3v) is 1.27. The number of hydrogen-bond acceptors (Lipinski definition) is 3. The Kier molecular flexibility index (Phi) is 5.43. The first-order valence-corrected chi connectivity index (χ1v) is 4.35. The Balaban J connectivity index is 0.000000671. The number of primary amides is 1. The van der Waals surface area contributed by atoms with Crippen molar-refractivity contribution in [1.29, 1.82) is 0 Å². The zero-order chi connectivity index (χ0) is 10.3. The molecule has 0 radical (unpaired) electrons. The Morgan fingerprint density at radius 2 is 2.15 bits per heavy atom. The van der Waals surface area contributed by atoms with Crippen molar-refractivity contribution in [3.05, 3.63) is 23.8 Å². The van der Waals surface area contributed by atoms with E-state index in [-0.39, 0.29) is 5.69 Å². The van der Waals surface area contributed by atoms with Gasteiger partial charge in [0.1, 0.15) is 11.5 Å². The molecular weight excluding hydrogens is 166 g/mol. The number of aryl methyl sites for hydroxylation is 1. The first-order chi connectivity index (χ1) is 6.24. The Labute approximate surface area is 78.2 Å². The van der Waals surface area contributed by atoms with Crippen molar-refractivity contribution in [2.75, 3.05) is 0 Å². The zero-order valence-electron chi connectivity index (χ0n) is 8.24. The molecule has 1 amide bonds. The zero-order valence-corrected chi connectivity index (χ0v) is 8.24. The highest BCUT2D eigenvalue weighted by Gasteiger charge is 2.01. The third kappa shape index (κ3) is 3.64. The van der Waals surface area contributed by atoms with Gasteiger partial charge < -0.3 is 5.73 Å². The molecule has 13 heavy (non-hydrogen) atoms. The van der Waals surface area contributed by atoms with E-state index in [1.54, 1.807) is 0 Å². The Morgan fingerprint density at radius 1 is 1.54 bits per heavy atom. The standard InChI is InChI=1S/C7H9N3O.C2H6/c1-2-6-9-4-3-5(10-6)7(8)11;1-2/h3-4H,2H2,1H3,(H2,8,11);1-2H3. The molecule has 0 unspecified atom stereocenters. The maximum atomic E-state index is 10.6. The second-order valence-electron chi connectivity index (χ2n) is 2.08. The van der Waals surface area contributed by atoms with Crippen LogP contribution in [0.3, 0.4) is 0 Å². The van der Waals surface area contributed by atoms with E-state index < -0.39 is 5.91 Å². The van der Waals surface area contributed by atoms with Crippen LogP contribution in [-0.4, -0.2) is 15.9 Å². The van der Waals surface area contributed by atoms with Gasteiger partial charge >= 0.3 is 0 Å². The molecule has 0 spiro atoms. The molecule has 72 valence electrons. The van der Waals surface area contributed by atoms with Gasteiger partial charge in [0.15, 0.2) is 0 Å². The molecule has 4 heteroatoms. The molecular formula is C9H15N3O. The topological polar surface area (TPSA) is 68.9 Å². The SMILES string of the molecule is CC.CCc1nccc(C(N)=O)n1. The number of aromatic nitrogens is 2. The first-order valence-electron chi connectivity index (χ1n) is 4.35. The van der Waals surface area contributed by atoms with Gasteiger partial charge in [-0.2, -0.15) is 0 Å².